The van der Waals surface area contributed by atoms with Gasteiger partial charge in [-0.3, -0.25) is 0 Å². The molecule has 0 aromatic heterocycles. The van der Waals surface area contributed by atoms with E-state index >= 15 is 0 Å². The number of nitrogen functional groups attached to an aromatic ring is 2. The Morgan fingerprint density at radius 2 is 1.10 bits per heavy atom. The minimum absolute atomic E-state index is 0.00205. The molecule has 0 saturated carbocycles. The van der Waals surface area contributed by atoms with E-state index in [1.54, 1.807) is 0 Å². The zero-order chi connectivity index (χ0) is 14.9. The number of hydrogen-bond acceptors (Lipinski definition) is 4. The van der Waals surface area contributed by atoms with Gasteiger partial charge in [-0.2, -0.15) is 0 Å². The van der Waals surface area contributed by atoms with Crippen LogP contribution < -0.4 is 11.5 Å². The van der Waals surface area contributed by atoms with Crippen LogP contribution in [0.15, 0.2) is 34.1 Å². The first-order chi connectivity index (χ1) is 9.38. The van der Waals surface area contributed by atoms with Crippen LogP contribution >= 0.6 is 44.8 Å². The summed E-state index contributed by atoms with van der Waals surface area (Å²) in [5, 5.41) is 0.473. The van der Waals surface area contributed by atoms with Crippen molar-refractivity contribution in [3.8, 4) is 0 Å². The van der Waals surface area contributed by atoms with Gasteiger partial charge in [-0.05, 0) is 24.3 Å². The number of anilines is 2. The second-order valence-corrected chi connectivity index (χ2v) is 6.80. The number of halogens is 4. The summed E-state index contributed by atoms with van der Waals surface area (Å²) in [6.07, 6.45) is 0. The van der Waals surface area contributed by atoms with Crippen molar-refractivity contribution >= 4 is 56.2 Å². The lowest BCUT2D eigenvalue weighted by Gasteiger charge is -2.08. The van der Waals surface area contributed by atoms with Gasteiger partial charge in [0.15, 0.2) is 0 Å². The molecule has 0 saturated heterocycles. The Labute approximate surface area is 132 Å². The molecule has 0 unspecified atom stereocenters. The van der Waals surface area contributed by atoms with Crippen LogP contribution in [0.2, 0.25) is 10.0 Å². The first kappa shape index (κ1) is 15.6. The van der Waals surface area contributed by atoms with Crippen LogP contribution in [0.5, 0.6) is 0 Å². The number of benzene rings is 2. The lowest BCUT2D eigenvalue weighted by atomic mass is 10.3. The van der Waals surface area contributed by atoms with Crippen LogP contribution in [0.3, 0.4) is 0 Å². The summed E-state index contributed by atoms with van der Waals surface area (Å²) in [7, 11) is 2.45. The molecule has 2 nitrogen and oxygen atoms in total. The van der Waals surface area contributed by atoms with Gasteiger partial charge in [-0.15, -0.1) is 0 Å². The molecule has 0 atom stereocenters. The lowest BCUT2D eigenvalue weighted by molar-refractivity contribution is 0.631. The average molecular weight is 353 g/mol. The first-order valence-corrected chi connectivity index (χ1v) is 8.12. The summed E-state index contributed by atoms with van der Waals surface area (Å²) in [5.41, 5.74) is 11.0. The van der Waals surface area contributed by atoms with E-state index < -0.39 is 11.6 Å². The highest BCUT2D eigenvalue weighted by atomic mass is 35.5. The Morgan fingerprint density at radius 1 is 0.750 bits per heavy atom. The molecule has 0 heterocycles. The van der Waals surface area contributed by atoms with Crippen molar-refractivity contribution in [2.75, 3.05) is 11.5 Å². The van der Waals surface area contributed by atoms with E-state index in [2.05, 4.69) is 0 Å². The molecule has 0 aliphatic carbocycles. The maximum atomic E-state index is 13.2. The molecular weight excluding hydrogens is 345 g/mol. The van der Waals surface area contributed by atoms with Crippen LogP contribution in [0.25, 0.3) is 0 Å². The van der Waals surface area contributed by atoms with Crippen LogP contribution in [0, 0.1) is 11.6 Å². The third-order valence-corrected chi connectivity index (χ3v) is 5.62. The zero-order valence-corrected chi connectivity index (χ0v) is 12.9. The van der Waals surface area contributed by atoms with Crippen LogP contribution in [-0.2, 0) is 0 Å². The van der Waals surface area contributed by atoms with E-state index in [1.807, 2.05) is 0 Å². The molecule has 0 fully saturated rings. The van der Waals surface area contributed by atoms with E-state index in [0.29, 0.717) is 9.79 Å². The fraction of sp³-hybridized carbons (Fsp3) is 0. The highest BCUT2D eigenvalue weighted by Gasteiger charge is 2.11. The predicted octanol–water partition coefficient (Wildman–Crippen LogP) is 5.24. The highest BCUT2D eigenvalue weighted by molar-refractivity contribution is 8.76. The zero-order valence-electron chi connectivity index (χ0n) is 9.79. The molecule has 8 heteroatoms. The first-order valence-electron chi connectivity index (χ1n) is 5.22. The van der Waals surface area contributed by atoms with E-state index in [0.717, 1.165) is 12.1 Å². The quantitative estimate of drug-likeness (QED) is 0.586. The molecule has 0 radical (unpaired) electrons. The van der Waals surface area contributed by atoms with Crippen molar-refractivity contribution in [1.82, 2.24) is 0 Å². The largest absolute Gasteiger partial charge is 0.396 e. The summed E-state index contributed by atoms with van der Waals surface area (Å²) in [4.78, 5) is 1.16. The molecule has 2 aromatic carbocycles. The Kier molecular flexibility index (Phi) is 4.90. The second-order valence-electron chi connectivity index (χ2n) is 3.77. The molecule has 20 heavy (non-hydrogen) atoms. The summed E-state index contributed by atoms with van der Waals surface area (Å²) in [6, 6.07) is 5.13. The average Bonchev–Trinajstić information content (AvgIpc) is 2.37. The van der Waals surface area contributed by atoms with Gasteiger partial charge in [-0.25, -0.2) is 8.78 Å². The van der Waals surface area contributed by atoms with Crippen molar-refractivity contribution < 1.29 is 8.78 Å². The summed E-state index contributed by atoms with van der Waals surface area (Å²) >= 11 is 11.8. The molecule has 0 aliphatic heterocycles. The fourth-order valence-corrected chi connectivity index (χ4v) is 4.29. The highest BCUT2D eigenvalue weighted by Crippen LogP contribution is 2.44. The van der Waals surface area contributed by atoms with E-state index in [1.165, 1.54) is 33.7 Å². The number of hydrogen-bond donors (Lipinski definition) is 2. The molecule has 106 valence electrons. The Hall–Kier alpha value is -0.820. The van der Waals surface area contributed by atoms with Crippen LogP contribution in [0.1, 0.15) is 0 Å². The summed E-state index contributed by atoms with van der Waals surface area (Å²) in [5.74, 6) is -1.15. The summed E-state index contributed by atoms with van der Waals surface area (Å²) in [6.45, 7) is 0. The second kappa shape index (κ2) is 6.30. The molecule has 0 bridgehead atoms. The Morgan fingerprint density at radius 3 is 1.45 bits per heavy atom. The Balaban J connectivity index is 2.21. The lowest BCUT2D eigenvalue weighted by Crippen LogP contribution is -1.91. The smallest absolute Gasteiger partial charge is 0.147 e. The van der Waals surface area contributed by atoms with Gasteiger partial charge in [0, 0.05) is 9.79 Å². The van der Waals surface area contributed by atoms with Crippen molar-refractivity contribution in [2.24, 2.45) is 0 Å². The maximum Gasteiger partial charge on any atom is 0.147 e. The van der Waals surface area contributed by atoms with Gasteiger partial charge in [0.2, 0.25) is 0 Å². The van der Waals surface area contributed by atoms with Gasteiger partial charge in [-0.1, -0.05) is 44.8 Å². The standard InChI is InChI=1S/C12H8Cl2F2N2S2/c13-5-1-7(15)9(17)3-11(5)19-20-12-4-10(18)8(16)2-6(12)14/h1-4H,17-18H2. The SMILES string of the molecule is Nc1cc(SSc2cc(N)c(F)cc2Cl)c(Cl)cc1F. The predicted molar refractivity (Wildman–Crippen MR) is 83.4 cm³/mol. The topological polar surface area (TPSA) is 52.0 Å². The van der Waals surface area contributed by atoms with Crippen molar-refractivity contribution in [3.05, 3.63) is 45.9 Å². The van der Waals surface area contributed by atoms with Crippen LogP contribution in [0.4, 0.5) is 20.2 Å². The third-order valence-electron chi connectivity index (χ3n) is 2.32. The minimum atomic E-state index is -0.576. The van der Waals surface area contributed by atoms with Gasteiger partial charge in [0.05, 0.1) is 21.4 Å². The van der Waals surface area contributed by atoms with Crippen LogP contribution in [-0.4, -0.2) is 0 Å². The van der Waals surface area contributed by atoms with Gasteiger partial charge < -0.3 is 11.5 Å². The number of nitrogens with two attached hydrogens (primary N) is 2. The molecule has 2 rings (SSSR count). The molecule has 4 N–H and O–H groups in total. The van der Waals surface area contributed by atoms with E-state index in [4.69, 9.17) is 34.7 Å². The normalized spacial score (nSPS) is 10.8. The van der Waals surface area contributed by atoms with Crippen molar-refractivity contribution in [3.63, 3.8) is 0 Å². The van der Waals surface area contributed by atoms with E-state index in [9.17, 15) is 8.78 Å². The molecule has 2 aromatic rings. The van der Waals surface area contributed by atoms with Gasteiger partial charge >= 0.3 is 0 Å². The molecule has 0 amide bonds. The Bertz CT molecular complexity index is 611. The molecule has 0 spiro atoms. The van der Waals surface area contributed by atoms with Crippen molar-refractivity contribution in [1.29, 1.82) is 0 Å². The molecular formula is C12H8Cl2F2N2S2. The maximum absolute atomic E-state index is 13.2. The van der Waals surface area contributed by atoms with Gasteiger partial charge in [0.25, 0.3) is 0 Å². The third kappa shape index (κ3) is 3.44. The summed E-state index contributed by atoms with van der Waals surface area (Å²) < 4.78 is 26.4. The van der Waals surface area contributed by atoms with Gasteiger partial charge in [0.1, 0.15) is 11.6 Å². The van der Waals surface area contributed by atoms with E-state index in [-0.39, 0.29) is 21.4 Å². The fourth-order valence-electron chi connectivity index (χ4n) is 1.31. The molecule has 0 aliphatic rings. The van der Waals surface area contributed by atoms with Crippen molar-refractivity contribution in [2.45, 2.75) is 9.79 Å². The number of rotatable bonds is 3. The minimum Gasteiger partial charge on any atom is -0.396 e. The monoisotopic (exact) mass is 352 g/mol.